The minimum absolute atomic E-state index is 0.188. The molecule has 0 saturated heterocycles. The lowest BCUT2D eigenvalue weighted by molar-refractivity contribution is -0.139. The van der Waals surface area contributed by atoms with Gasteiger partial charge in [0.15, 0.2) is 74.1 Å². The van der Waals surface area contributed by atoms with Crippen LogP contribution in [0.4, 0.5) is 0 Å². The van der Waals surface area contributed by atoms with Crippen LogP contribution in [-0.4, -0.2) is 75.5 Å². The summed E-state index contributed by atoms with van der Waals surface area (Å²) in [5.41, 5.74) is 8.41. The highest BCUT2D eigenvalue weighted by molar-refractivity contribution is 6.27. The number of carbonyl (C=O) groups is 6. The van der Waals surface area contributed by atoms with E-state index in [-0.39, 0.29) is 99.3 Å². The zero-order chi connectivity index (χ0) is 107. The van der Waals surface area contributed by atoms with Gasteiger partial charge in [-0.25, -0.2) is 28.8 Å². The Kier molecular flexibility index (Phi) is 36.0. The van der Waals surface area contributed by atoms with E-state index < -0.39 is 108 Å². The van der Waals surface area contributed by atoms with Crippen LogP contribution in [0.25, 0.3) is 32.3 Å². The predicted octanol–water partition coefficient (Wildman–Crippen LogP) is 31.3. The van der Waals surface area contributed by atoms with Crippen molar-refractivity contribution < 1.29 is 85.6 Å². The Morgan fingerprint density at radius 3 is 0.375 bits per heavy atom. The van der Waals surface area contributed by atoms with E-state index in [4.69, 9.17) is 56.8 Å². The first-order chi connectivity index (χ1) is 67.2. The van der Waals surface area contributed by atoms with Crippen molar-refractivity contribution >= 4 is 68.1 Å². The molecule has 0 saturated carbocycles. The van der Waals surface area contributed by atoms with Gasteiger partial charge in [-0.05, 0) is 281 Å². The third kappa shape index (κ3) is 26.3. The van der Waals surface area contributed by atoms with Crippen LogP contribution in [0.3, 0.4) is 0 Å². The molecule has 0 fully saturated rings. The molecule has 0 aliphatic heterocycles. The molecular weight excluding hydrogens is 1800 g/mol. The van der Waals surface area contributed by atoms with Crippen LogP contribution in [0.1, 0.15) is 393 Å². The Morgan fingerprint density at radius 2 is 0.271 bits per heavy atom. The fourth-order valence-corrected chi connectivity index (χ4v) is 17.2. The molecule has 0 aliphatic rings. The Morgan fingerprint density at radius 1 is 0.160 bits per heavy atom. The topological polar surface area (TPSA) is 213 Å². The molecule has 0 unspecified atom stereocenters. The molecule has 10 aromatic carbocycles. The Labute approximate surface area is 860 Å². The number of carbonyl (C=O) groups excluding carboxylic acids is 6. The van der Waals surface area contributed by atoms with Crippen LogP contribution in [0.5, 0.6) is 69.0 Å². The smallest absolute Gasteiger partial charge is 0.349 e. The molecule has 0 N–H and O–H groups in total. The molecule has 0 aromatic heterocycles. The summed E-state index contributed by atoms with van der Waals surface area (Å²) in [6.45, 7) is 73.8. The fraction of sp³-hybridized carbons (Fsp3) is 0.524. The number of benzene rings is 10. The average Bonchev–Trinajstić information content (AvgIpc) is 0.719. The predicted molar refractivity (Wildman–Crippen MR) is 584 cm³/mol. The molecule has 0 heterocycles. The van der Waals surface area contributed by atoms with Crippen molar-refractivity contribution in [2.75, 3.05) is 39.6 Å². The van der Waals surface area contributed by atoms with Crippen LogP contribution in [-0.2, 0) is 93.7 Å². The van der Waals surface area contributed by atoms with Crippen molar-refractivity contribution in [2.24, 2.45) is 0 Å². The van der Waals surface area contributed by atoms with Gasteiger partial charge in [0.1, 0.15) is 34.5 Å². The van der Waals surface area contributed by atoms with E-state index in [0.29, 0.717) is 34.5 Å². The third-order valence-corrected chi connectivity index (χ3v) is 33.1. The van der Waals surface area contributed by atoms with Gasteiger partial charge in [0.25, 0.3) is 0 Å². The summed E-state index contributed by atoms with van der Waals surface area (Å²) in [5, 5.41) is 1.48. The van der Waals surface area contributed by atoms with Crippen molar-refractivity contribution in [3.05, 3.63) is 212 Å². The molecule has 0 aliphatic carbocycles. The number of hydrogen-bond donors (Lipinski definition) is 0. The molecule has 0 spiro atoms. The molecule has 780 valence electrons. The van der Waals surface area contributed by atoms with Crippen LogP contribution in [0.15, 0.2) is 146 Å². The summed E-state index contributed by atoms with van der Waals surface area (Å²) in [6, 6.07) is 45.6. The van der Waals surface area contributed by atoms with E-state index in [1.165, 1.54) is 36.4 Å². The average molecular weight is 1970 g/mol. The van der Waals surface area contributed by atoms with Gasteiger partial charge in [-0.3, -0.25) is 0 Å². The van der Waals surface area contributed by atoms with E-state index in [2.05, 4.69) is 286 Å². The van der Waals surface area contributed by atoms with Crippen molar-refractivity contribution in [3.8, 4) is 69.0 Å². The first-order valence-corrected chi connectivity index (χ1v) is 52.6. The Balaban J connectivity index is 1.28. The second kappa shape index (κ2) is 45.3. The second-order valence-electron chi connectivity index (χ2n) is 47.2. The quantitative estimate of drug-likeness (QED) is 0.0197. The van der Waals surface area contributed by atoms with Gasteiger partial charge in [-0.1, -0.05) is 322 Å². The normalized spacial score (nSPS) is 12.8. The van der Waals surface area contributed by atoms with Gasteiger partial charge in [0.05, 0.1) is 0 Å². The highest BCUT2D eigenvalue weighted by atomic mass is 16.6. The van der Waals surface area contributed by atoms with Gasteiger partial charge in [-0.2, -0.15) is 0 Å². The van der Waals surface area contributed by atoms with Crippen LogP contribution in [0.2, 0.25) is 0 Å². The minimum Gasteiger partial charge on any atom is -0.482 e. The summed E-state index contributed by atoms with van der Waals surface area (Å²) >= 11 is 0. The standard InChI is InChI=1S/C126H168O18/c1-37-115(13,14)79-49-55-97(91(61-79)121(25,26)43-7)133-73-109(127)139-103-67-85-86(68-104(103)140-110(128)74-134-98-56-50-80(116(15,16)38-2)62-92(98)122(27,28)44-8)88-70-106(142-112(130)76-136-100-58-52-82(118(19,20)40-4)64-94(100)124(31,32)46-10)108(144-114(132)78-138-102-60-54-84(120(23,24)42-6)66-96(102)126(35,36)48-12)72-90(88)89-71-107(143-113(131)77-137-101-59-53-83(119(21,22)41-5)65-95(101)125(33,34)47-11)105(69-87(85)89)141-111(129)75-135-99-57-51-81(117(17,18)39-3)63-93(99)123(29,30)45-9/h49-72H,37-48,73-78H2,1-36H3. The fourth-order valence-electron chi connectivity index (χ4n) is 17.2. The Bertz CT molecular complexity index is 5320. The molecule has 0 amide bonds. The first-order valence-electron chi connectivity index (χ1n) is 52.6. The molecule has 10 aromatic rings. The van der Waals surface area contributed by atoms with Gasteiger partial charge in [-0.15, -0.1) is 0 Å². The lowest BCUT2D eigenvalue weighted by atomic mass is 9.76. The highest BCUT2D eigenvalue weighted by Gasteiger charge is 2.38. The SMILES string of the molecule is CCC(C)(C)c1ccc(OCC(=O)Oc2cc3c4cc(OC(=O)COc5ccc(C(C)(C)CC)cc5C(C)(C)CC)c(OC(=O)COc5ccc(C(C)(C)CC)cc5C(C)(C)CC)cc4c4cc(OC(=O)COc5ccc(C(C)(C)CC)cc5C(C)(C)CC)c(OC(=O)COc5ccc(C(C)(C)CC)cc5C(C)(C)CC)cc4c3cc2OC(=O)COc2ccc(C(C)(C)CC)cc2C(C)(C)CC)c(C(C)(C)CC)c1. The van der Waals surface area contributed by atoms with Gasteiger partial charge in [0.2, 0.25) is 0 Å². The summed E-state index contributed by atoms with van der Waals surface area (Å²) in [4.78, 5) is 92.1. The number of fused-ring (bicyclic) bond motifs is 6. The molecule has 10 rings (SSSR count). The number of hydrogen-bond acceptors (Lipinski definition) is 18. The van der Waals surface area contributed by atoms with Crippen LogP contribution < -0.4 is 56.8 Å². The van der Waals surface area contributed by atoms with Crippen LogP contribution >= 0.6 is 0 Å². The molecule has 144 heavy (non-hydrogen) atoms. The number of esters is 6. The highest BCUT2D eigenvalue weighted by Crippen LogP contribution is 2.52. The van der Waals surface area contributed by atoms with Crippen molar-refractivity contribution in [1.29, 1.82) is 0 Å². The molecular formula is C126H168O18. The monoisotopic (exact) mass is 1970 g/mol. The first kappa shape index (κ1) is 115. The number of rotatable bonds is 48. The maximum Gasteiger partial charge on any atom is 0.349 e. The van der Waals surface area contributed by atoms with E-state index in [1.54, 1.807) is 0 Å². The maximum absolute atomic E-state index is 15.4. The molecule has 0 radical (unpaired) electrons. The van der Waals surface area contributed by atoms with E-state index in [9.17, 15) is 0 Å². The van der Waals surface area contributed by atoms with Crippen LogP contribution in [0, 0.1) is 0 Å². The Hall–Kier alpha value is -11.4. The largest absolute Gasteiger partial charge is 0.482 e. The maximum atomic E-state index is 15.4. The van der Waals surface area contributed by atoms with Crippen molar-refractivity contribution in [1.82, 2.24) is 0 Å². The lowest BCUT2D eigenvalue weighted by Gasteiger charge is -2.30. The molecule has 18 heteroatoms. The zero-order valence-electron chi connectivity index (χ0n) is 93.9. The minimum atomic E-state index is -0.889. The van der Waals surface area contributed by atoms with Gasteiger partial charge in [0, 0.05) is 33.4 Å². The molecule has 0 bridgehead atoms. The van der Waals surface area contributed by atoms with E-state index in [0.717, 1.165) is 144 Å². The summed E-state index contributed by atoms with van der Waals surface area (Å²) in [7, 11) is 0. The zero-order valence-corrected chi connectivity index (χ0v) is 93.9. The second-order valence-corrected chi connectivity index (χ2v) is 47.2. The summed E-state index contributed by atoms with van der Waals surface area (Å²) in [5.74, 6) is -4.12. The lowest BCUT2D eigenvalue weighted by Crippen LogP contribution is -2.24. The van der Waals surface area contributed by atoms with E-state index in [1.807, 2.05) is 72.8 Å². The van der Waals surface area contributed by atoms with Crippen molar-refractivity contribution in [2.45, 2.75) is 391 Å². The number of ether oxygens (including phenoxy) is 12. The molecule has 18 nitrogen and oxygen atoms in total. The molecule has 0 atom stereocenters. The van der Waals surface area contributed by atoms with Gasteiger partial charge < -0.3 is 56.8 Å². The summed E-state index contributed by atoms with van der Waals surface area (Å²) in [6.07, 6.45) is 9.63. The summed E-state index contributed by atoms with van der Waals surface area (Å²) < 4.78 is 79.2. The van der Waals surface area contributed by atoms with Gasteiger partial charge >= 0.3 is 35.8 Å². The third-order valence-electron chi connectivity index (χ3n) is 33.1. The van der Waals surface area contributed by atoms with E-state index >= 15 is 28.8 Å². The van der Waals surface area contributed by atoms with Crippen molar-refractivity contribution in [3.63, 3.8) is 0 Å².